The third-order valence-electron chi connectivity index (χ3n) is 4.25. The summed E-state index contributed by atoms with van der Waals surface area (Å²) < 4.78 is 5.01. The number of esters is 1. The largest absolute Gasteiger partial charge is 0.462 e. The van der Waals surface area contributed by atoms with E-state index < -0.39 is 11.9 Å². The molecule has 1 N–H and O–H groups in total. The first kappa shape index (κ1) is 20.2. The summed E-state index contributed by atoms with van der Waals surface area (Å²) >= 11 is 0. The van der Waals surface area contributed by atoms with Crippen LogP contribution in [0.4, 0.5) is 11.4 Å². The molecule has 0 saturated carbocycles. The molecule has 6 nitrogen and oxygen atoms in total. The molecule has 0 aliphatic rings. The van der Waals surface area contributed by atoms with Gasteiger partial charge in [0.2, 0.25) is 11.8 Å². The molecule has 0 fully saturated rings. The Morgan fingerprint density at radius 2 is 1.74 bits per heavy atom. The zero-order chi connectivity index (χ0) is 20.0. The summed E-state index contributed by atoms with van der Waals surface area (Å²) in [7, 11) is 0. The molecule has 0 unspecified atom stereocenters. The Kier molecular flexibility index (Phi) is 6.71. The van der Waals surface area contributed by atoms with Gasteiger partial charge in [-0.1, -0.05) is 24.3 Å². The van der Waals surface area contributed by atoms with Crippen LogP contribution in [0.5, 0.6) is 0 Å². The smallest absolute Gasteiger partial charge is 0.340 e. The van der Waals surface area contributed by atoms with Gasteiger partial charge >= 0.3 is 5.97 Å². The van der Waals surface area contributed by atoms with Gasteiger partial charge in [0, 0.05) is 12.6 Å². The molecular weight excluding hydrogens is 344 g/mol. The van der Waals surface area contributed by atoms with Crippen LogP contribution in [0.25, 0.3) is 0 Å². The van der Waals surface area contributed by atoms with Crippen molar-refractivity contribution in [3.05, 3.63) is 59.2 Å². The fourth-order valence-electron chi connectivity index (χ4n) is 2.71. The van der Waals surface area contributed by atoms with Gasteiger partial charge in [-0.05, 0) is 50.1 Å². The zero-order valence-corrected chi connectivity index (χ0v) is 16.0. The van der Waals surface area contributed by atoms with Gasteiger partial charge < -0.3 is 15.0 Å². The van der Waals surface area contributed by atoms with E-state index in [1.165, 1.54) is 11.8 Å². The maximum absolute atomic E-state index is 12.6. The van der Waals surface area contributed by atoms with Crippen molar-refractivity contribution in [2.45, 2.75) is 27.7 Å². The number of aryl methyl sites for hydroxylation is 1. The lowest BCUT2D eigenvalue weighted by Crippen LogP contribution is -2.37. The number of para-hydroxylation sites is 1. The SMILES string of the molecule is CCOC(=O)c1ccccc1NC(=O)CN(C(C)=O)c1cccc(C)c1C. The number of carbonyl (C=O) groups excluding carboxylic acids is 3. The number of amides is 2. The van der Waals surface area contributed by atoms with Gasteiger partial charge in [-0.15, -0.1) is 0 Å². The molecule has 6 heteroatoms. The molecule has 0 heterocycles. The number of benzene rings is 2. The average molecular weight is 368 g/mol. The summed E-state index contributed by atoms with van der Waals surface area (Å²) in [5, 5.41) is 2.71. The molecule has 2 amide bonds. The highest BCUT2D eigenvalue weighted by Gasteiger charge is 2.20. The first-order valence-corrected chi connectivity index (χ1v) is 8.75. The van der Waals surface area contributed by atoms with Crippen molar-refractivity contribution in [2.24, 2.45) is 0 Å². The second-order valence-electron chi connectivity index (χ2n) is 6.14. The van der Waals surface area contributed by atoms with Gasteiger partial charge in [-0.2, -0.15) is 0 Å². The molecule has 0 aromatic heterocycles. The molecule has 2 rings (SSSR count). The van der Waals surface area contributed by atoms with Crippen LogP contribution < -0.4 is 10.2 Å². The molecule has 142 valence electrons. The summed E-state index contributed by atoms with van der Waals surface area (Å²) in [6, 6.07) is 12.2. The van der Waals surface area contributed by atoms with Crippen LogP contribution in [-0.2, 0) is 14.3 Å². The maximum Gasteiger partial charge on any atom is 0.340 e. The monoisotopic (exact) mass is 368 g/mol. The third-order valence-corrected chi connectivity index (χ3v) is 4.25. The number of hydrogen-bond donors (Lipinski definition) is 1. The van der Waals surface area contributed by atoms with E-state index in [9.17, 15) is 14.4 Å². The average Bonchev–Trinajstić information content (AvgIpc) is 2.63. The lowest BCUT2D eigenvalue weighted by Gasteiger charge is -2.23. The van der Waals surface area contributed by atoms with Crippen molar-refractivity contribution in [3.63, 3.8) is 0 Å². The molecule has 2 aromatic carbocycles. The summed E-state index contributed by atoms with van der Waals surface area (Å²) in [5.74, 6) is -1.15. The summed E-state index contributed by atoms with van der Waals surface area (Å²) in [5.41, 5.74) is 3.29. The van der Waals surface area contributed by atoms with Crippen LogP contribution in [0, 0.1) is 13.8 Å². The minimum atomic E-state index is -0.508. The number of ether oxygens (including phenoxy) is 1. The summed E-state index contributed by atoms with van der Waals surface area (Å²) in [4.78, 5) is 38.2. The van der Waals surface area contributed by atoms with Gasteiger partial charge in [0.15, 0.2) is 0 Å². The number of carbonyl (C=O) groups is 3. The van der Waals surface area contributed by atoms with Gasteiger partial charge in [0.05, 0.1) is 17.9 Å². The van der Waals surface area contributed by atoms with Crippen LogP contribution in [-0.4, -0.2) is 30.9 Å². The normalized spacial score (nSPS) is 10.2. The highest BCUT2D eigenvalue weighted by molar-refractivity contribution is 6.05. The molecule has 2 aromatic rings. The van der Waals surface area contributed by atoms with Crippen molar-refractivity contribution >= 4 is 29.2 Å². The van der Waals surface area contributed by atoms with Crippen LogP contribution in [0.3, 0.4) is 0 Å². The van der Waals surface area contributed by atoms with E-state index in [0.29, 0.717) is 11.4 Å². The van der Waals surface area contributed by atoms with Crippen molar-refractivity contribution < 1.29 is 19.1 Å². The lowest BCUT2D eigenvalue weighted by atomic mass is 10.1. The Morgan fingerprint density at radius 3 is 2.41 bits per heavy atom. The lowest BCUT2D eigenvalue weighted by molar-refractivity contribution is -0.120. The van der Waals surface area contributed by atoms with Crippen molar-refractivity contribution in [3.8, 4) is 0 Å². The Balaban J connectivity index is 2.22. The topological polar surface area (TPSA) is 75.7 Å². The quantitative estimate of drug-likeness (QED) is 0.792. The first-order chi connectivity index (χ1) is 12.8. The Hall–Kier alpha value is -3.15. The number of rotatable bonds is 6. The van der Waals surface area contributed by atoms with E-state index in [2.05, 4.69) is 5.32 Å². The maximum atomic E-state index is 12.6. The minimum Gasteiger partial charge on any atom is -0.462 e. The van der Waals surface area contributed by atoms with Gasteiger partial charge in [0.25, 0.3) is 0 Å². The third kappa shape index (κ3) is 4.94. The fourth-order valence-corrected chi connectivity index (χ4v) is 2.71. The van der Waals surface area contributed by atoms with E-state index in [0.717, 1.165) is 11.1 Å². The molecule has 0 atom stereocenters. The van der Waals surface area contributed by atoms with E-state index in [-0.39, 0.29) is 24.6 Å². The van der Waals surface area contributed by atoms with E-state index >= 15 is 0 Å². The van der Waals surface area contributed by atoms with Crippen LogP contribution in [0.2, 0.25) is 0 Å². The van der Waals surface area contributed by atoms with E-state index in [1.54, 1.807) is 31.2 Å². The minimum absolute atomic E-state index is 0.156. The van der Waals surface area contributed by atoms with Crippen LogP contribution in [0.1, 0.15) is 35.3 Å². The van der Waals surface area contributed by atoms with Gasteiger partial charge in [-0.3, -0.25) is 9.59 Å². The summed E-state index contributed by atoms with van der Waals surface area (Å²) in [6.07, 6.45) is 0. The second kappa shape index (κ2) is 8.98. The van der Waals surface area contributed by atoms with Crippen molar-refractivity contribution in [1.29, 1.82) is 0 Å². The van der Waals surface area contributed by atoms with E-state index in [1.807, 2.05) is 32.0 Å². The zero-order valence-electron chi connectivity index (χ0n) is 16.0. The standard InChI is InChI=1S/C21H24N2O4/c1-5-27-21(26)17-10-6-7-11-18(17)22-20(25)13-23(16(4)24)19-12-8-9-14(2)15(19)3/h6-12H,5,13H2,1-4H3,(H,22,25). The fraction of sp³-hybridized carbons (Fsp3) is 0.286. The summed E-state index contributed by atoms with van der Waals surface area (Å²) in [6.45, 7) is 7.08. The molecule has 27 heavy (non-hydrogen) atoms. The molecular formula is C21H24N2O4. The number of nitrogens with zero attached hydrogens (tertiary/aromatic N) is 1. The molecule has 0 aliphatic heterocycles. The molecule has 0 bridgehead atoms. The molecule has 0 aliphatic carbocycles. The van der Waals surface area contributed by atoms with E-state index in [4.69, 9.17) is 4.74 Å². The highest BCUT2D eigenvalue weighted by Crippen LogP contribution is 2.23. The van der Waals surface area contributed by atoms with Crippen LogP contribution in [0.15, 0.2) is 42.5 Å². The Bertz CT molecular complexity index is 861. The van der Waals surface area contributed by atoms with Crippen LogP contribution >= 0.6 is 0 Å². The van der Waals surface area contributed by atoms with Crippen molar-refractivity contribution in [2.75, 3.05) is 23.4 Å². The Labute approximate surface area is 159 Å². The predicted octanol–water partition coefficient (Wildman–Crippen LogP) is 3.47. The molecule has 0 spiro atoms. The Morgan fingerprint density at radius 1 is 1.04 bits per heavy atom. The van der Waals surface area contributed by atoms with Crippen molar-refractivity contribution in [1.82, 2.24) is 0 Å². The number of nitrogens with one attached hydrogen (secondary N) is 1. The second-order valence-corrected chi connectivity index (χ2v) is 6.14. The number of anilines is 2. The van der Waals surface area contributed by atoms with Gasteiger partial charge in [0.1, 0.15) is 6.54 Å². The predicted molar refractivity (Wildman–Crippen MR) is 105 cm³/mol. The highest BCUT2D eigenvalue weighted by atomic mass is 16.5. The van der Waals surface area contributed by atoms with Gasteiger partial charge in [-0.25, -0.2) is 4.79 Å². The number of hydrogen-bond acceptors (Lipinski definition) is 4. The molecule has 0 radical (unpaired) electrons. The first-order valence-electron chi connectivity index (χ1n) is 8.75. The molecule has 0 saturated heterocycles.